The first-order chi connectivity index (χ1) is 7.19. The topological polar surface area (TPSA) is 93.4 Å². The molecule has 0 saturated heterocycles. The Balaban J connectivity index is 3.00. The van der Waals surface area contributed by atoms with E-state index < -0.39 is 0 Å². The van der Waals surface area contributed by atoms with E-state index in [0.29, 0.717) is 5.82 Å². The van der Waals surface area contributed by atoms with E-state index >= 15 is 0 Å². The Morgan fingerprint density at radius 3 is 2.73 bits per heavy atom. The second-order valence-corrected chi connectivity index (χ2v) is 2.94. The lowest BCUT2D eigenvalue weighted by atomic mass is 10.2. The molecule has 0 aliphatic heterocycles. The predicted octanol–water partition coefficient (Wildman–Crippen LogP) is 0.400. The molecule has 1 heterocycles. The zero-order chi connectivity index (χ0) is 11.3. The van der Waals surface area contributed by atoms with Gasteiger partial charge >= 0.3 is 0 Å². The van der Waals surface area contributed by atoms with E-state index in [9.17, 15) is 0 Å². The van der Waals surface area contributed by atoms with Crippen molar-refractivity contribution in [2.45, 2.75) is 13.8 Å². The maximum Gasteiger partial charge on any atom is 0.171 e. The fraction of sp³-hybridized carbons (Fsp3) is 0.222. The summed E-state index contributed by atoms with van der Waals surface area (Å²) in [6.07, 6.45) is 5.04. The Morgan fingerprint density at radius 2 is 2.20 bits per heavy atom. The van der Waals surface area contributed by atoms with E-state index in [1.165, 1.54) is 11.3 Å². The number of hydrazone groups is 1. The minimum absolute atomic E-state index is 0.495. The highest BCUT2D eigenvalue weighted by Crippen LogP contribution is 2.11. The Labute approximate surface area is 88.2 Å². The van der Waals surface area contributed by atoms with Gasteiger partial charge in [0.1, 0.15) is 6.34 Å². The Morgan fingerprint density at radius 1 is 1.47 bits per heavy atom. The number of rotatable bonds is 3. The molecule has 1 aromatic rings. The molecule has 0 fully saturated rings. The number of aromatic nitrogens is 2. The third-order valence-corrected chi connectivity index (χ3v) is 1.79. The van der Waals surface area contributed by atoms with Crippen LogP contribution in [-0.4, -0.2) is 16.5 Å². The molecule has 1 rings (SSSR count). The van der Waals surface area contributed by atoms with Crippen LogP contribution in [0.15, 0.2) is 17.2 Å². The molecular formula is C9H14N6. The first-order valence-electron chi connectivity index (χ1n) is 4.43. The second kappa shape index (κ2) is 5.06. The maximum absolute atomic E-state index is 5.58. The summed E-state index contributed by atoms with van der Waals surface area (Å²) in [5, 5.41) is 12.4. The fourth-order valence-corrected chi connectivity index (χ4v) is 1.06. The zero-order valence-electron chi connectivity index (χ0n) is 8.75. The van der Waals surface area contributed by atoms with Gasteiger partial charge < -0.3 is 5.84 Å². The van der Waals surface area contributed by atoms with Gasteiger partial charge in [-0.05, 0) is 31.6 Å². The van der Waals surface area contributed by atoms with E-state index in [2.05, 4.69) is 15.3 Å². The normalized spacial score (nSPS) is 11.4. The van der Waals surface area contributed by atoms with E-state index in [0.717, 1.165) is 11.3 Å². The lowest BCUT2D eigenvalue weighted by molar-refractivity contribution is 0.952. The molecule has 6 nitrogen and oxygen atoms in total. The van der Waals surface area contributed by atoms with E-state index in [1.807, 2.05) is 32.1 Å². The SMILES string of the molecule is C/C=C/c1nnc(N(N)/C=N\N)cc1C. The molecular weight excluding hydrogens is 192 g/mol. The van der Waals surface area contributed by atoms with Gasteiger partial charge in [0.05, 0.1) is 5.69 Å². The van der Waals surface area contributed by atoms with Crippen molar-refractivity contribution < 1.29 is 0 Å². The molecule has 0 saturated carbocycles. The van der Waals surface area contributed by atoms with Crippen molar-refractivity contribution in [3.63, 3.8) is 0 Å². The summed E-state index contributed by atoms with van der Waals surface area (Å²) in [5.41, 5.74) is 1.80. The Bertz CT molecular complexity index is 384. The van der Waals surface area contributed by atoms with Crippen molar-refractivity contribution in [1.29, 1.82) is 0 Å². The molecule has 0 atom stereocenters. The van der Waals surface area contributed by atoms with Gasteiger partial charge in [-0.3, -0.25) is 0 Å². The van der Waals surface area contributed by atoms with Crippen LogP contribution < -0.4 is 16.7 Å². The number of nitrogens with zero attached hydrogens (tertiary/aromatic N) is 4. The van der Waals surface area contributed by atoms with Crippen molar-refractivity contribution >= 4 is 18.2 Å². The van der Waals surface area contributed by atoms with Gasteiger partial charge in [0.15, 0.2) is 5.82 Å². The van der Waals surface area contributed by atoms with Crippen LogP contribution in [0.1, 0.15) is 18.2 Å². The first kappa shape index (κ1) is 11.1. The average Bonchev–Trinajstić information content (AvgIpc) is 2.21. The van der Waals surface area contributed by atoms with Gasteiger partial charge in [-0.1, -0.05) is 6.08 Å². The second-order valence-electron chi connectivity index (χ2n) is 2.94. The monoisotopic (exact) mass is 206 g/mol. The van der Waals surface area contributed by atoms with Crippen molar-refractivity contribution in [1.82, 2.24) is 10.2 Å². The third-order valence-electron chi connectivity index (χ3n) is 1.79. The third kappa shape index (κ3) is 2.75. The van der Waals surface area contributed by atoms with Crippen LogP contribution in [0.3, 0.4) is 0 Å². The predicted molar refractivity (Wildman–Crippen MR) is 60.8 cm³/mol. The highest BCUT2D eigenvalue weighted by atomic mass is 15.5. The minimum atomic E-state index is 0.495. The van der Waals surface area contributed by atoms with Gasteiger partial charge in [0.2, 0.25) is 0 Å². The maximum atomic E-state index is 5.58. The quantitative estimate of drug-likeness (QED) is 0.323. The molecule has 0 amide bonds. The van der Waals surface area contributed by atoms with Gasteiger partial charge in [-0.2, -0.15) is 5.10 Å². The summed E-state index contributed by atoms with van der Waals surface area (Å²) in [6.45, 7) is 3.85. The summed E-state index contributed by atoms with van der Waals surface area (Å²) in [6, 6.07) is 1.81. The summed E-state index contributed by atoms with van der Waals surface area (Å²) in [5.74, 6) is 11.0. The van der Waals surface area contributed by atoms with Crippen molar-refractivity contribution in [3.05, 3.63) is 23.4 Å². The summed E-state index contributed by atoms with van der Waals surface area (Å²) in [7, 11) is 0. The van der Waals surface area contributed by atoms with Gasteiger partial charge in [-0.15, -0.1) is 10.2 Å². The number of nitrogens with two attached hydrogens (primary N) is 2. The molecule has 1 aromatic heterocycles. The molecule has 0 aliphatic carbocycles. The van der Waals surface area contributed by atoms with Crippen molar-refractivity contribution in [3.8, 4) is 0 Å². The number of hydrogen-bond donors (Lipinski definition) is 2. The van der Waals surface area contributed by atoms with Crippen LogP contribution in [-0.2, 0) is 0 Å². The number of hydrazine groups is 1. The number of aryl methyl sites for hydroxylation is 1. The fourth-order valence-electron chi connectivity index (χ4n) is 1.06. The first-order valence-corrected chi connectivity index (χ1v) is 4.43. The lowest BCUT2D eigenvalue weighted by Gasteiger charge is -2.10. The average molecular weight is 206 g/mol. The van der Waals surface area contributed by atoms with Crippen LogP contribution in [0.2, 0.25) is 0 Å². The molecule has 0 spiro atoms. The van der Waals surface area contributed by atoms with Gasteiger partial charge in [0.25, 0.3) is 0 Å². The van der Waals surface area contributed by atoms with Crippen LogP contribution in [0.5, 0.6) is 0 Å². The summed E-state index contributed by atoms with van der Waals surface area (Å²) in [4.78, 5) is 0. The largest absolute Gasteiger partial charge is 0.322 e. The van der Waals surface area contributed by atoms with Crippen LogP contribution in [0.25, 0.3) is 6.08 Å². The summed E-state index contributed by atoms with van der Waals surface area (Å²) >= 11 is 0. The molecule has 80 valence electrons. The minimum Gasteiger partial charge on any atom is -0.322 e. The van der Waals surface area contributed by atoms with Crippen molar-refractivity contribution in [2.75, 3.05) is 5.01 Å². The molecule has 0 aromatic carbocycles. The number of hydrogen-bond acceptors (Lipinski definition) is 5. The molecule has 0 radical (unpaired) electrons. The van der Waals surface area contributed by atoms with E-state index in [1.54, 1.807) is 0 Å². The highest BCUT2D eigenvalue weighted by Gasteiger charge is 2.04. The van der Waals surface area contributed by atoms with Crippen molar-refractivity contribution in [2.24, 2.45) is 16.8 Å². The molecule has 0 bridgehead atoms. The van der Waals surface area contributed by atoms with Gasteiger partial charge in [0, 0.05) is 0 Å². The molecule has 15 heavy (non-hydrogen) atoms. The lowest BCUT2D eigenvalue weighted by Crippen LogP contribution is -2.30. The Hall–Kier alpha value is -1.95. The smallest absolute Gasteiger partial charge is 0.171 e. The number of anilines is 1. The van der Waals surface area contributed by atoms with Crippen LogP contribution >= 0.6 is 0 Å². The van der Waals surface area contributed by atoms with E-state index in [4.69, 9.17) is 11.7 Å². The number of allylic oxidation sites excluding steroid dienone is 1. The summed E-state index contributed by atoms with van der Waals surface area (Å²) < 4.78 is 0. The standard InChI is InChI=1S/C9H14N6/c1-3-4-8-7(2)5-9(14-13-8)15(11)6-12-10/h3-6H,10-11H2,1-2H3/b4-3+,12-6-. The van der Waals surface area contributed by atoms with E-state index in [-0.39, 0.29) is 0 Å². The Kier molecular flexibility index (Phi) is 3.75. The van der Waals surface area contributed by atoms with Crippen LogP contribution in [0, 0.1) is 6.92 Å². The zero-order valence-corrected chi connectivity index (χ0v) is 8.75. The van der Waals surface area contributed by atoms with Crippen LogP contribution in [0.4, 0.5) is 5.82 Å². The highest BCUT2D eigenvalue weighted by molar-refractivity contribution is 5.75. The molecule has 0 unspecified atom stereocenters. The molecule has 6 heteroatoms. The molecule has 0 aliphatic rings. The molecule has 4 N–H and O–H groups in total. The van der Waals surface area contributed by atoms with Gasteiger partial charge in [-0.25, -0.2) is 10.9 Å².